The highest BCUT2D eigenvalue weighted by molar-refractivity contribution is 6.36. The molecule has 0 unspecified atom stereocenters. The standard InChI is InChI=1S/C33H35ClF4N8O3/c1-16-13-21(39)42-27(24(16)33(36,37)38)22-25(34)29-23-28(26(22)35)43-32(49-15-19-7-6-18-14-47-11-4-9-46(18)19)44-31(23)45(10-12-48-29)17(2)20-5-3-8-41-30(20)40/h3,5,8,13,17-19H,4,6-7,9-12,14-15H2,1-2H3,(H2,39,42)(H2,40,41)/t17-,18-,19-/m1/s1. The summed E-state index contributed by atoms with van der Waals surface area (Å²) in [6.45, 7) is 5.76. The Morgan fingerprint density at radius 1 is 1.14 bits per heavy atom. The summed E-state index contributed by atoms with van der Waals surface area (Å²) in [6.07, 6.45) is -0.629. The van der Waals surface area contributed by atoms with Gasteiger partial charge in [-0.1, -0.05) is 17.7 Å². The predicted octanol–water partition coefficient (Wildman–Crippen LogP) is 5.96. The molecule has 3 atom stereocenters. The number of nitrogen functional groups attached to an aromatic ring is 2. The highest BCUT2D eigenvalue weighted by atomic mass is 35.5. The van der Waals surface area contributed by atoms with Crippen LogP contribution < -0.4 is 25.8 Å². The van der Waals surface area contributed by atoms with Crippen molar-refractivity contribution in [3.05, 3.63) is 51.9 Å². The van der Waals surface area contributed by atoms with Gasteiger partial charge >= 0.3 is 12.2 Å². The van der Waals surface area contributed by atoms with E-state index < -0.39 is 39.9 Å². The fourth-order valence-corrected chi connectivity index (χ4v) is 7.57. The van der Waals surface area contributed by atoms with Crippen molar-refractivity contribution in [1.29, 1.82) is 0 Å². The van der Waals surface area contributed by atoms with Crippen LogP contribution in [0.1, 0.15) is 48.9 Å². The SMILES string of the molecule is Cc1cc(N)nc(-c2c(Cl)c3c4c(nc(OC[C@H]5CC[C@@H]6COCCCN65)nc4c2F)N([C@H](C)c2cccnc2N)CCO3)c1C(F)(F)F. The summed E-state index contributed by atoms with van der Waals surface area (Å²) in [5, 5.41) is -0.340. The molecule has 0 bridgehead atoms. The van der Waals surface area contributed by atoms with Crippen molar-refractivity contribution in [1.82, 2.24) is 24.8 Å². The van der Waals surface area contributed by atoms with Gasteiger partial charge in [-0.15, -0.1) is 0 Å². The topological polar surface area (TPSA) is 138 Å². The first-order valence-corrected chi connectivity index (χ1v) is 16.4. The zero-order chi connectivity index (χ0) is 34.6. The second-order valence-electron chi connectivity index (χ2n) is 12.5. The molecule has 0 spiro atoms. The second-order valence-corrected chi connectivity index (χ2v) is 12.9. The van der Waals surface area contributed by atoms with Crippen LogP contribution >= 0.6 is 11.6 Å². The number of anilines is 3. The minimum Gasteiger partial charge on any atom is -0.489 e. The van der Waals surface area contributed by atoms with Gasteiger partial charge < -0.3 is 30.6 Å². The van der Waals surface area contributed by atoms with Crippen LogP contribution in [0.25, 0.3) is 22.2 Å². The minimum atomic E-state index is -4.90. The van der Waals surface area contributed by atoms with Gasteiger partial charge in [0.2, 0.25) is 0 Å². The number of nitrogens with zero attached hydrogens (tertiary/aromatic N) is 6. The number of pyridine rings is 2. The van der Waals surface area contributed by atoms with Crippen molar-refractivity contribution in [3.8, 4) is 23.0 Å². The largest absolute Gasteiger partial charge is 0.489 e. The number of hydrogen-bond donors (Lipinski definition) is 2. The smallest absolute Gasteiger partial charge is 0.418 e. The molecule has 4 N–H and O–H groups in total. The average molecular weight is 703 g/mol. The molecule has 0 amide bonds. The normalized spacial score (nSPS) is 20.4. The molecule has 11 nitrogen and oxygen atoms in total. The van der Waals surface area contributed by atoms with E-state index in [1.807, 2.05) is 17.9 Å². The Bertz CT molecular complexity index is 1920. The molecule has 2 fully saturated rings. The first-order valence-electron chi connectivity index (χ1n) is 16.1. The highest BCUT2D eigenvalue weighted by Gasteiger charge is 2.41. The number of ether oxygens (including phenoxy) is 3. The Morgan fingerprint density at radius 3 is 2.73 bits per heavy atom. The van der Waals surface area contributed by atoms with Gasteiger partial charge in [-0.25, -0.2) is 14.4 Å². The van der Waals surface area contributed by atoms with Crippen LogP contribution in [0.4, 0.5) is 35.0 Å². The lowest BCUT2D eigenvalue weighted by Crippen LogP contribution is -2.40. The number of aromatic nitrogens is 4. The molecule has 0 saturated carbocycles. The fraction of sp³-hybridized carbons (Fsp3) is 0.455. The summed E-state index contributed by atoms with van der Waals surface area (Å²) < 4.78 is 78.4. The molecule has 2 saturated heterocycles. The van der Waals surface area contributed by atoms with E-state index in [0.29, 0.717) is 24.6 Å². The lowest BCUT2D eigenvalue weighted by Gasteiger charge is -2.30. The number of nitrogens with two attached hydrogens (primary N) is 2. The maximum absolute atomic E-state index is 17.0. The summed E-state index contributed by atoms with van der Waals surface area (Å²) in [7, 11) is 0. The van der Waals surface area contributed by atoms with Crippen molar-refractivity contribution >= 4 is 40.0 Å². The molecular weight excluding hydrogens is 668 g/mol. The van der Waals surface area contributed by atoms with E-state index in [4.69, 9.17) is 42.3 Å². The van der Waals surface area contributed by atoms with Crippen molar-refractivity contribution in [2.45, 2.75) is 57.4 Å². The Balaban J connectivity index is 1.41. The van der Waals surface area contributed by atoms with Crippen LogP contribution in [0.15, 0.2) is 24.4 Å². The molecule has 0 aliphatic carbocycles. The van der Waals surface area contributed by atoms with Crippen molar-refractivity contribution in [3.63, 3.8) is 0 Å². The summed E-state index contributed by atoms with van der Waals surface area (Å²) in [6, 6.07) is 4.37. The third-order valence-corrected chi connectivity index (χ3v) is 9.89. The first-order chi connectivity index (χ1) is 23.4. The molecule has 3 aliphatic heterocycles. The fourth-order valence-electron chi connectivity index (χ4n) is 7.24. The summed E-state index contributed by atoms with van der Waals surface area (Å²) in [4.78, 5) is 21.6. The van der Waals surface area contributed by atoms with E-state index in [1.165, 1.54) is 6.92 Å². The van der Waals surface area contributed by atoms with Gasteiger partial charge in [0.1, 0.15) is 36.2 Å². The van der Waals surface area contributed by atoms with E-state index in [0.717, 1.165) is 31.9 Å². The Morgan fingerprint density at radius 2 is 1.96 bits per heavy atom. The van der Waals surface area contributed by atoms with Crippen LogP contribution in [0.2, 0.25) is 5.02 Å². The molecule has 16 heteroatoms. The number of aryl methyl sites for hydroxylation is 1. The van der Waals surface area contributed by atoms with Gasteiger partial charge in [0.05, 0.1) is 46.4 Å². The molecule has 260 valence electrons. The van der Waals surface area contributed by atoms with Gasteiger partial charge in [0, 0.05) is 37.0 Å². The van der Waals surface area contributed by atoms with E-state index in [-0.39, 0.29) is 71.7 Å². The highest BCUT2D eigenvalue weighted by Crippen LogP contribution is 2.51. The third-order valence-electron chi connectivity index (χ3n) is 9.53. The van der Waals surface area contributed by atoms with Gasteiger partial charge in [-0.2, -0.15) is 23.1 Å². The Kier molecular flexibility index (Phi) is 8.78. The molecule has 3 aliphatic rings. The van der Waals surface area contributed by atoms with Gasteiger partial charge in [0.15, 0.2) is 11.6 Å². The zero-order valence-corrected chi connectivity index (χ0v) is 27.6. The molecule has 7 rings (SSSR count). The van der Waals surface area contributed by atoms with Gasteiger partial charge in [-0.3, -0.25) is 4.90 Å². The zero-order valence-electron chi connectivity index (χ0n) is 26.9. The number of benzene rings is 1. The summed E-state index contributed by atoms with van der Waals surface area (Å²) in [5.74, 6) is -0.956. The van der Waals surface area contributed by atoms with E-state index in [2.05, 4.69) is 19.9 Å². The quantitative estimate of drug-likeness (QED) is 0.230. The predicted molar refractivity (Wildman–Crippen MR) is 176 cm³/mol. The second kappa shape index (κ2) is 12.9. The third kappa shape index (κ3) is 6.01. The molecular formula is C33H35ClF4N8O3. The van der Waals surface area contributed by atoms with Crippen LogP contribution in [0, 0.1) is 12.7 Å². The van der Waals surface area contributed by atoms with Crippen LogP contribution in [-0.2, 0) is 10.9 Å². The van der Waals surface area contributed by atoms with Crippen LogP contribution in [0.3, 0.4) is 0 Å². The number of fused-ring (bicyclic) bond motifs is 1. The number of hydrogen-bond acceptors (Lipinski definition) is 11. The molecule has 4 aromatic rings. The molecule has 0 radical (unpaired) electrons. The number of alkyl halides is 3. The monoisotopic (exact) mass is 702 g/mol. The number of halogens is 5. The average Bonchev–Trinajstić information content (AvgIpc) is 3.18. The summed E-state index contributed by atoms with van der Waals surface area (Å²) >= 11 is 6.80. The Hall–Kier alpha value is -4.21. The maximum Gasteiger partial charge on any atom is 0.418 e. The van der Waals surface area contributed by atoms with E-state index in [1.54, 1.807) is 12.3 Å². The maximum atomic E-state index is 17.0. The Labute approximate surface area is 284 Å². The van der Waals surface area contributed by atoms with E-state index in [9.17, 15) is 13.2 Å². The van der Waals surface area contributed by atoms with Gasteiger partial charge in [-0.05, 0) is 50.8 Å². The van der Waals surface area contributed by atoms with Crippen molar-refractivity contribution < 1.29 is 31.8 Å². The number of rotatable bonds is 6. The molecule has 49 heavy (non-hydrogen) atoms. The van der Waals surface area contributed by atoms with Crippen LogP contribution in [-0.4, -0.2) is 76.4 Å². The lowest BCUT2D eigenvalue weighted by atomic mass is 9.98. The summed E-state index contributed by atoms with van der Waals surface area (Å²) in [5.41, 5.74) is 9.66. The van der Waals surface area contributed by atoms with Crippen molar-refractivity contribution in [2.24, 2.45) is 0 Å². The molecule has 1 aromatic carbocycles. The minimum absolute atomic E-state index is 0.0208. The molecule has 6 heterocycles. The van der Waals surface area contributed by atoms with Crippen LogP contribution in [0.5, 0.6) is 11.8 Å². The lowest BCUT2D eigenvalue weighted by molar-refractivity contribution is -0.137. The molecule has 3 aromatic heterocycles. The van der Waals surface area contributed by atoms with Crippen molar-refractivity contribution in [2.75, 3.05) is 55.9 Å². The van der Waals surface area contributed by atoms with Gasteiger partial charge in [0.25, 0.3) is 0 Å². The first kappa shape index (κ1) is 33.3. The van der Waals surface area contributed by atoms with E-state index >= 15 is 4.39 Å².